The summed E-state index contributed by atoms with van der Waals surface area (Å²) < 4.78 is 0.894. The van der Waals surface area contributed by atoms with Gasteiger partial charge in [0, 0.05) is 11.8 Å². The molecule has 0 fully saturated rings. The minimum absolute atomic E-state index is 0.131. The number of carbonyl (C=O) groups excluding carboxylic acids is 2. The molecule has 6 heteroatoms. The lowest BCUT2D eigenvalue weighted by Crippen LogP contribution is -2.45. The Morgan fingerprint density at radius 1 is 1.21 bits per heavy atom. The topological polar surface area (TPSA) is 49.4 Å². The van der Waals surface area contributed by atoms with Gasteiger partial charge >= 0.3 is 7.55 Å². The molecule has 0 bridgehead atoms. The molecule has 0 aliphatic heterocycles. The van der Waals surface area contributed by atoms with Gasteiger partial charge in [-0.3, -0.25) is 9.59 Å². The molecule has 0 spiro atoms. The zero-order valence-electron chi connectivity index (χ0n) is 9.07. The quantitative estimate of drug-likeness (QED) is 0.631. The van der Waals surface area contributed by atoms with Gasteiger partial charge < -0.3 is 9.95 Å². The van der Waals surface area contributed by atoms with Gasteiger partial charge in [-0.05, 0) is 0 Å². The van der Waals surface area contributed by atoms with Crippen molar-refractivity contribution in [1.82, 2.24) is 9.95 Å². The van der Waals surface area contributed by atoms with Gasteiger partial charge in [-0.1, -0.05) is 27.7 Å². The smallest absolute Gasteiger partial charge is 0.378 e. The lowest BCUT2D eigenvalue weighted by Gasteiger charge is -2.19. The van der Waals surface area contributed by atoms with Crippen molar-refractivity contribution in [3.05, 3.63) is 0 Å². The van der Waals surface area contributed by atoms with Crippen molar-refractivity contribution in [3.63, 3.8) is 0 Å². The van der Waals surface area contributed by atoms with Crippen molar-refractivity contribution in [1.29, 1.82) is 0 Å². The second kappa shape index (κ2) is 5.73. The average molecular weight is 193 g/mol. The molecule has 3 radical (unpaired) electrons. The standard InChI is InChI=1S/C8H15B2N2O2/c1-5(2)7(13)11-10-12(9)8(14)6(3)4/h5-6H,1-4H3,(H,11,13). The average Bonchev–Trinajstić information content (AvgIpc) is 2.11. The number of nitrogens with one attached hydrogen (secondary N) is 1. The molecule has 14 heavy (non-hydrogen) atoms. The van der Waals surface area contributed by atoms with Crippen molar-refractivity contribution >= 4 is 27.3 Å². The van der Waals surface area contributed by atoms with Crippen LogP contribution in [0.25, 0.3) is 0 Å². The molecule has 1 N–H and O–H groups in total. The van der Waals surface area contributed by atoms with Crippen molar-refractivity contribution in [2.24, 2.45) is 11.8 Å². The summed E-state index contributed by atoms with van der Waals surface area (Å²) in [5.74, 6) is -0.730. The minimum atomic E-state index is -0.242. The van der Waals surface area contributed by atoms with Gasteiger partial charge in [0.2, 0.25) is 19.8 Å². The summed E-state index contributed by atoms with van der Waals surface area (Å²) in [5.41, 5.74) is 0. The Kier molecular flexibility index (Phi) is 5.35. The fourth-order valence-electron chi connectivity index (χ4n) is 0.662. The molecule has 0 heterocycles. The number of nitrogens with zero attached hydrogens (tertiary/aromatic N) is 1. The first-order valence-corrected chi connectivity index (χ1v) is 4.57. The first-order chi connectivity index (χ1) is 6.36. The summed E-state index contributed by atoms with van der Waals surface area (Å²) >= 11 is 0. The molecular formula is C8H15B2N2O2. The van der Waals surface area contributed by atoms with Crippen LogP contribution in [0.15, 0.2) is 0 Å². The van der Waals surface area contributed by atoms with Crippen LogP contribution in [0.5, 0.6) is 0 Å². The van der Waals surface area contributed by atoms with Gasteiger partial charge in [-0.25, -0.2) is 0 Å². The lowest BCUT2D eigenvalue weighted by molar-refractivity contribution is -0.126. The van der Waals surface area contributed by atoms with E-state index in [0.717, 1.165) is 4.72 Å². The maximum absolute atomic E-state index is 11.2. The van der Waals surface area contributed by atoms with Crippen molar-refractivity contribution in [2.45, 2.75) is 27.7 Å². The fraction of sp³-hybridized carbons (Fsp3) is 0.750. The zero-order chi connectivity index (χ0) is 11.3. The highest BCUT2D eigenvalue weighted by Crippen LogP contribution is 1.96. The van der Waals surface area contributed by atoms with E-state index in [2.05, 4.69) is 5.23 Å². The number of hydrogen-bond acceptors (Lipinski definition) is 2. The van der Waals surface area contributed by atoms with Crippen LogP contribution < -0.4 is 5.23 Å². The molecule has 0 rings (SSSR count). The van der Waals surface area contributed by atoms with E-state index >= 15 is 0 Å². The molecule has 0 unspecified atom stereocenters. The predicted molar refractivity (Wildman–Crippen MR) is 56.2 cm³/mol. The summed E-state index contributed by atoms with van der Waals surface area (Å²) in [4.78, 5) is 22.3. The molecule has 2 amide bonds. The second-order valence-electron chi connectivity index (χ2n) is 3.69. The Morgan fingerprint density at radius 2 is 1.71 bits per heavy atom. The molecule has 75 valence electrons. The highest BCUT2D eigenvalue weighted by Gasteiger charge is 2.15. The molecule has 0 aromatic heterocycles. The van der Waals surface area contributed by atoms with E-state index in [1.165, 1.54) is 7.55 Å². The summed E-state index contributed by atoms with van der Waals surface area (Å²) in [6.07, 6.45) is 0. The van der Waals surface area contributed by atoms with E-state index in [-0.39, 0.29) is 23.7 Å². The highest BCUT2D eigenvalue weighted by atomic mass is 16.2. The maximum Gasteiger partial charge on any atom is 0.378 e. The van der Waals surface area contributed by atoms with Crippen LogP contribution >= 0.6 is 0 Å². The van der Waals surface area contributed by atoms with E-state index in [4.69, 9.17) is 7.98 Å². The third-order valence-corrected chi connectivity index (χ3v) is 1.62. The van der Waals surface area contributed by atoms with Crippen molar-refractivity contribution in [3.8, 4) is 0 Å². The molecule has 0 aromatic carbocycles. The fourth-order valence-corrected chi connectivity index (χ4v) is 0.662. The number of carbonyl (C=O) groups is 2. The molecular weight excluding hydrogens is 178 g/mol. The molecule has 0 aromatic rings. The number of rotatable bonds is 4. The van der Waals surface area contributed by atoms with Gasteiger partial charge in [0.15, 0.2) is 0 Å². The van der Waals surface area contributed by atoms with Crippen molar-refractivity contribution < 1.29 is 9.59 Å². The molecule has 0 saturated carbocycles. The Bertz CT molecular complexity index is 219. The molecule has 0 saturated heterocycles. The third kappa shape index (κ3) is 4.35. The minimum Gasteiger partial charge on any atom is -0.424 e. The van der Waals surface area contributed by atoms with Gasteiger partial charge in [0.05, 0.1) is 0 Å². The van der Waals surface area contributed by atoms with Gasteiger partial charge in [-0.2, -0.15) is 0 Å². The lowest BCUT2D eigenvalue weighted by atomic mass is 9.96. The Hall–Kier alpha value is -0.930. The zero-order valence-corrected chi connectivity index (χ0v) is 9.07. The summed E-state index contributed by atoms with van der Waals surface area (Å²) in [5, 5.41) is 2.43. The van der Waals surface area contributed by atoms with Crippen LogP contribution in [0.2, 0.25) is 0 Å². The third-order valence-electron chi connectivity index (χ3n) is 1.62. The predicted octanol–water partition coefficient (Wildman–Crippen LogP) is -0.139. The van der Waals surface area contributed by atoms with Crippen LogP contribution in [0, 0.1) is 11.8 Å². The molecule has 4 nitrogen and oxygen atoms in total. The van der Waals surface area contributed by atoms with Crippen LogP contribution in [0.4, 0.5) is 0 Å². The van der Waals surface area contributed by atoms with Crippen LogP contribution in [-0.4, -0.2) is 32.1 Å². The SMILES string of the molecule is [B]N([B]NC(=O)C(C)C)C(=O)C(C)C. The summed E-state index contributed by atoms with van der Waals surface area (Å²) in [6.45, 7) is 6.99. The van der Waals surface area contributed by atoms with E-state index in [1.807, 2.05) is 0 Å². The van der Waals surface area contributed by atoms with Crippen LogP contribution in [0.3, 0.4) is 0 Å². The highest BCUT2D eigenvalue weighted by molar-refractivity contribution is 6.48. The first kappa shape index (κ1) is 13.1. The monoisotopic (exact) mass is 193 g/mol. The van der Waals surface area contributed by atoms with E-state index in [1.54, 1.807) is 27.7 Å². The van der Waals surface area contributed by atoms with E-state index in [9.17, 15) is 9.59 Å². The normalized spacial score (nSPS) is 10.1. The largest absolute Gasteiger partial charge is 0.424 e. The van der Waals surface area contributed by atoms with Crippen molar-refractivity contribution in [2.75, 3.05) is 0 Å². The van der Waals surface area contributed by atoms with Gasteiger partial charge in [-0.15, -0.1) is 0 Å². The van der Waals surface area contributed by atoms with Gasteiger partial charge in [0.25, 0.3) is 0 Å². The summed E-state index contributed by atoms with van der Waals surface area (Å²) in [7, 11) is 6.57. The Labute approximate surface area is 87.1 Å². The van der Waals surface area contributed by atoms with E-state index < -0.39 is 0 Å². The second-order valence-corrected chi connectivity index (χ2v) is 3.69. The Morgan fingerprint density at radius 3 is 2.07 bits per heavy atom. The maximum atomic E-state index is 11.2. The van der Waals surface area contributed by atoms with E-state index in [0.29, 0.717) is 0 Å². The first-order valence-electron chi connectivity index (χ1n) is 4.57. The Balaban J connectivity index is 3.91. The molecule has 0 atom stereocenters. The number of hydrogen-bond donors (Lipinski definition) is 1. The van der Waals surface area contributed by atoms with Crippen LogP contribution in [0.1, 0.15) is 27.7 Å². The molecule has 0 aliphatic rings. The van der Waals surface area contributed by atoms with Gasteiger partial charge in [0.1, 0.15) is 0 Å². The number of amides is 2. The van der Waals surface area contributed by atoms with Crippen LogP contribution in [-0.2, 0) is 9.59 Å². The molecule has 0 aliphatic carbocycles. The summed E-state index contributed by atoms with van der Waals surface area (Å²) in [6, 6.07) is 0.